The van der Waals surface area contributed by atoms with Crippen LogP contribution in [-0.2, 0) is 9.59 Å². The van der Waals surface area contributed by atoms with Gasteiger partial charge >= 0.3 is 0 Å². The second-order valence-electron chi connectivity index (χ2n) is 4.47. The highest BCUT2D eigenvalue weighted by Gasteiger charge is 2.24. The van der Waals surface area contributed by atoms with Crippen LogP contribution >= 0.6 is 0 Å². The monoisotopic (exact) mass is 258 g/mol. The van der Waals surface area contributed by atoms with E-state index in [9.17, 15) is 9.59 Å². The molecule has 0 amide bonds. The molecule has 1 fully saturated rings. The van der Waals surface area contributed by atoms with E-state index in [0.717, 1.165) is 13.4 Å². The minimum Gasteiger partial charge on any atom is -0.400 e. The summed E-state index contributed by atoms with van der Waals surface area (Å²) in [6.07, 6.45) is 8.45. The number of aldehydes is 1. The van der Waals surface area contributed by atoms with Gasteiger partial charge in [-0.1, -0.05) is 46.0 Å². The summed E-state index contributed by atoms with van der Waals surface area (Å²) in [5.41, 5.74) is 0. The Bertz CT molecular complexity index is 196. The molecular weight excluding hydrogens is 228 g/mol. The lowest BCUT2D eigenvalue weighted by molar-refractivity contribution is -0.118. The average molecular weight is 258 g/mol. The van der Waals surface area contributed by atoms with Gasteiger partial charge in [0.15, 0.2) is 0 Å². The van der Waals surface area contributed by atoms with E-state index < -0.39 is 0 Å². The third-order valence-corrected chi connectivity index (χ3v) is 3.27. The molecule has 1 rings (SSSR count). The van der Waals surface area contributed by atoms with Crippen LogP contribution < -0.4 is 0 Å². The number of hydrogen-bond acceptors (Lipinski definition) is 3. The van der Waals surface area contributed by atoms with Crippen LogP contribution in [0.4, 0.5) is 0 Å². The van der Waals surface area contributed by atoms with Gasteiger partial charge in [0.2, 0.25) is 0 Å². The molecule has 0 aliphatic heterocycles. The summed E-state index contributed by atoms with van der Waals surface area (Å²) in [4.78, 5) is 21.6. The number of carbonyl (C=O) groups excluding carboxylic acids is 2. The molecule has 18 heavy (non-hydrogen) atoms. The van der Waals surface area contributed by atoms with Gasteiger partial charge in [-0.2, -0.15) is 0 Å². The Labute approximate surface area is 112 Å². The van der Waals surface area contributed by atoms with Crippen LogP contribution in [0.25, 0.3) is 0 Å². The first-order valence-corrected chi connectivity index (χ1v) is 7.12. The van der Waals surface area contributed by atoms with Crippen molar-refractivity contribution in [2.24, 2.45) is 11.8 Å². The molecule has 3 nitrogen and oxygen atoms in total. The van der Waals surface area contributed by atoms with Crippen molar-refractivity contribution < 1.29 is 14.7 Å². The molecule has 0 aromatic rings. The fourth-order valence-corrected chi connectivity index (χ4v) is 2.54. The number of Topliss-reactive ketones (excluding diaryl/α,β-unsaturated/α-hetero) is 1. The van der Waals surface area contributed by atoms with Gasteiger partial charge in [-0.25, -0.2) is 0 Å². The number of aliphatic hydroxyl groups excluding tert-OH is 1. The Morgan fingerprint density at radius 1 is 1.22 bits per heavy atom. The molecule has 1 N–H and O–H groups in total. The fraction of sp³-hybridized carbons (Fsp3) is 0.867. The Morgan fingerprint density at radius 2 is 1.72 bits per heavy atom. The predicted molar refractivity (Wildman–Crippen MR) is 75.5 cm³/mol. The highest BCUT2D eigenvalue weighted by Crippen LogP contribution is 2.33. The fourth-order valence-electron chi connectivity index (χ4n) is 2.54. The first-order chi connectivity index (χ1) is 8.74. The van der Waals surface area contributed by atoms with Gasteiger partial charge in [0.25, 0.3) is 0 Å². The van der Waals surface area contributed by atoms with Crippen molar-refractivity contribution in [3.8, 4) is 0 Å². The van der Waals surface area contributed by atoms with Crippen LogP contribution in [0.3, 0.4) is 0 Å². The maximum absolute atomic E-state index is 11.1. The molecule has 1 aliphatic carbocycles. The Hall–Kier alpha value is -0.700. The molecule has 1 aliphatic rings. The van der Waals surface area contributed by atoms with Crippen LogP contribution in [0.1, 0.15) is 65.7 Å². The molecule has 108 valence electrons. The van der Waals surface area contributed by atoms with Crippen molar-refractivity contribution in [3.05, 3.63) is 0 Å². The van der Waals surface area contributed by atoms with E-state index in [0.29, 0.717) is 24.7 Å². The quantitative estimate of drug-likeness (QED) is 0.769. The highest BCUT2D eigenvalue weighted by molar-refractivity contribution is 5.76. The second kappa shape index (κ2) is 14.4. The normalized spacial score (nSPS) is 16.5. The topological polar surface area (TPSA) is 54.4 Å². The number of carbonyl (C=O) groups is 2. The van der Waals surface area contributed by atoms with Crippen LogP contribution in [0.2, 0.25) is 0 Å². The number of ketones is 1. The van der Waals surface area contributed by atoms with Crippen molar-refractivity contribution in [1.29, 1.82) is 0 Å². The summed E-state index contributed by atoms with van der Waals surface area (Å²) in [5, 5.41) is 7.00. The van der Waals surface area contributed by atoms with Gasteiger partial charge in [0.1, 0.15) is 12.1 Å². The van der Waals surface area contributed by atoms with Gasteiger partial charge in [0, 0.05) is 20.0 Å². The van der Waals surface area contributed by atoms with Crippen LogP contribution in [0.5, 0.6) is 0 Å². The van der Waals surface area contributed by atoms with Crippen molar-refractivity contribution in [2.45, 2.75) is 65.7 Å². The zero-order valence-corrected chi connectivity index (χ0v) is 12.4. The maximum Gasteiger partial charge on any atom is 0.130 e. The molecule has 0 bridgehead atoms. The smallest absolute Gasteiger partial charge is 0.130 e. The predicted octanol–water partition coefficient (Wildman–Crippen LogP) is 3.39. The standard InChI is InChI=1S/C12H20O2.C2H6.CH4O/c1-10(14)9-12(7-8-13)11-5-3-2-4-6-11;2*1-2/h8,11-12H,2-7,9H2,1H3;1-2H3;2H,1H3. The molecule has 0 saturated heterocycles. The minimum absolute atomic E-state index is 0.224. The minimum atomic E-state index is 0.224. The van der Waals surface area contributed by atoms with E-state index in [1.807, 2.05) is 13.8 Å². The van der Waals surface area contributed by atoms with Crippen molar-refractivity contribution in [3.63, 3.8) is 0 Å². The zero-order valence-electron chi connectivity index (χ0n) is 12.4. The summed E-state index contributed by atoms with van der Waals surface area (Å²) in [6, 6.07) is 0. The SMILES string of the molecule is CC.CC(=O)CC(CC=O)C1CCCCC1.CO. The van der Waals surface area contributed by atoms with Crippen molar-refractivity contribution in [1.82, 2.24) is 0 Å². The summed E-state index contributed by atoms with van der Waals surface area (Å²) in [6.45, 7) is 5.63. The van der Waals surface area contributed by atoms with Gasteiger partial charge in [0.05, 0.1) is 0 Å². The lowest BCUT2D eigenvalue weighted by atomic mass is 9.77. The molecule has 1 saturated carbocycles. The molecule has 1 atom stereocenters. The molecule has 0 radical (unpaired) electrons. The molecular formula is C15H30O3. The third-order valence-electron chi connectivity index (χ3n) is 3.27. The van der Waals surface area contributed by atoms with Gasteiger partial charge < -0.3 is 14.7 Å². The van der Waals surface area contributed by atoms with Crippen molar-refractivity contribution >= 4 is 12.1 Å². The molecule has 0 heterocycles. The van der Waals surface area contributed by atoms with E-state index in [-0.39, 0.29) is 5.78 Å². The second-order valence-corrected chi connectivity index (χ2v) is 4.47. The Balaban J connectivity index is 0. The number of hydrogen-bond donors (Lipinski definition) is 1. The highest BCUT2D eigenvalue weighted by atomic mass is 16.2. The van der Waals surface area contributed by atoms with E-state index >= 15 is 0 Å². The molecule has 3 heteroatoms. The number of aliphatic hydroxyl groups is 1. The van der Waals surface area contributed by atoms with Crippen molar-refractivity contribution in [2.75, 3.05) is 7.11 Å². The first kappa shape index (κ1) is 19.6. The summed E-state index contributed by atoms with van der Waals surface area (Å²) in [5.74, 6) is 1.17. The van der Waals surface area contributed by atoms with E-state index in [1.165, 1.54) is 32.1 Å². The van der Waals surface area contributed by atoms with E-state index in [2.05, 4.69) is 0 Å². The number of rotatable bonds is 5. The average Bonchev–Trinajstić information content (AvgIpc) is 2.43. The van der Waals surface area contributed by atoms with E-state index in [4.69, 9.17) is 5.11 Å². The van der Waals surface area contributed by atoms with Gasteiger partial charge in [-0.05, 0) is 18.8 Å². The Kier molecular flexibility index (Phi) is 15.7. The molecule has 0 spiro atoms. The van der Waals surface area contributed by atoms with Crippen LogP contribution in [0.15, 0.2) is 0 Å². The maximum atomic E-state index is 11.1. The van der Waals surface area contributed by atoms with Gasteiger partial charge in [-0.3, -0.25) is 0 Å². The summed E-state index contributed by atoms with van der Waals surface area (Å²) >= 11 is 0. The first-order valence-electron chi connectivity index (χ1n) is 7.12. The summed E-state index contributed by atoms with van der Waals surface area (Å²) < 4.78 is 0. The molecule has 1 unspecified atom stereocenters. The van der Waals surface area contributed by atoms with E-state index in [1.54, 1.807) is 6.92 Å². The third kappa shape index (κ3) is 9.34. The lowest BCUT2D eigenvalue weighted by Crippen LogP contribution is -2.20. The molecule has 0 aromatic heterocycles. The summed E-state index contributed by atoms with van der Waals surface area (Å²) in [7, 11) is 1.00. The van der Waals surface area contributed by atoms with Crippen LogP contribution in [-0.4, -0.2) is 24.3 Å². The largest absolute Gasteiger partial charge is 0.400 e. The zero-order chi connectivity index (χ0) is 14.4. The van der Waals surface area contributed by atoms with Gasteiger partial charge in [-0.15, -0.1) is 0 Å². The lowest BCUT2D eigenvalue weighted by Gasteiger charge is -2.28. The molecule has 0 aromatic carbocycles. The van der Waals surface area contributed by atoms with Crippen LogP contribution in [0, 0.1) is 11.8 Å². The Morgan fingerprint density at radius 3 is 2.11 bits per heavy atom.